The first-order valence-electron chi connectivity index (χ1n) is 5.36. The van der Waals surface area contributed by atoms with Gasteiger partial charge in [-0.05, 0) is 19.1 Å². The molecule has 0 radical (unpaired) electrons. The summed E-state index contributed by atoms with van der Waals surface area (Å²) in [4.78, 5) is 1.85. The number of para-hydroxylation sites is 2. The standard InChI is InChI=1S/C11H19N3O2S/c1-9(8-12)17(15,16)13-10-6-4-5-7-11(10)14(2)3/h4-7,9,13H,8,12H2,1-3H3. The van der Waals surface area contributed by atoms with E-state index < -0.39 is 15.3 Å². The summed E-state index contributed by atoms with van der Waals surface area (Å²) >= 11 is 0. The Morgan fingerprint density at radius 1 is 1.35 bits per heavy atom. The van der Waals surface area contributed by atoms with Crippen molar-refractivity contribution in [2.45, 2.75) is 12.2 Å². The van der Waals surface area contributed by atoms with Crippen molar-refractivity contribution < 1.29 is 8.42 Å². The first-order chi connectivity index (χ1) is 7.88. The number of rotatable bonds is 5. The number of nitrogens with zero attached hydrogens (tertiary/aromatic N) is 1. The number of nitrogens with one attached hydrogen (secondary N) is 1. The molecule has 0 aliphatic rings. The van der Waals surface area contributed by atoms with Crippen LogP contribution in [0.25, 0.3) is 0 Å². The van der Waals surface area contributed by atoms with Crippen molar-refractivity contribution >= 4 is 21.4 Å². The Balaban J connectivity index is 3.04. The molecule has 0 amide bonds. The average molecular weight is 257 g/mol. The summed E-state index contributed by atoms with van der Waals surface area (Å²) in [6.45, 7) is 1.68. The van der Waals surface area contributed by atoms with Crippen molar-refractivity contribution in [1.29, 1.82) is 0 Å². The number of sulfonamides is 1. The highest BCUT2D eigenvalue weighted by molar-refractivity contribution is 7.93. The van der Waals surface area contributed by atoms with E-state index >= 15 is 0 Å². The Labute approximate surface area is 103 Å². The highest BCUT2D eigenvalue weighted by Crippen LogP contribution is 2.25. The number of hydrogen-bond acceptors (Lipinski definition) is 4. The monoisotopic (exact) mass is 257 g/mol. The van der Waals surface area contributed by atoms with Crippen LogP contribution >= 0.6 is 0 Å². The maximum absolute atomic E-state index is 11.9. The van der Waals surface area contributed by atoms with Crippen LogP contribution in [0.1, 0.15) is 6.92 Å². The van der Waals surface area contributed by atoms with Crippen LogP contribution in [0.2, 0.25) is 0 Å². The number of hydrogen-bond donors (Lipinski definition) is 2. The third-order valence-corrected chi connectivity index (χ3v) is 4.26. The number of nitrogens with two attached hydrogens (primary N) is 1. The first-order valence-corrected chi connectivity index (χ1v) is 6.91. The molecule has 3 N–H and O–H groups in total. The molecule has 0 aromatic heterocycles. The SMILES string of the molecule is CC(CN)S(=O)(=O)Nc1ccccc1N(C)C. The van der Waals surface area contributed by atoms with Crippen molar-refractivity contribution in [2.24, 2.45) is 5.73 Å². The van der Waals surface area contributed by atoms with E-state index in [-0.39, 0.29) is 6.54 Å². The quantitative estimate of drug-likeness (QED) is 0.819. The maximum Gasteiger partial charge on any atom is 0.236 e. The van der Waals surface area contributed by atoms with Crippen molar-refractivity contribution in [3.8, 4) is 0 Å². The van der Waals surface area contributed by atoms with E-state index in [1.807, 2.05) is 31.1 Å². The van der Waals surface area contributed by atoms with Crippen LogP contribution < -0.4 is 15.4 Å². The lowest BCUT2D eigenvalue weighted by molar-refractivity contribution is 0.589. The van der Waals surface area contributed by atoms with Gasteiger partial charge in [0.1, 0.15) is 0 Å². The Morgan fingerprint density at radius 2 is 1.94 bits per heavy atom. The molecule has 1 atom stereocenters. The number of benzene rings is 1. The molecule has 0 aliphatic carbocycles. The number of anilines is 2. The molecular formula is C11H19N3O2S. The lowest BCUT2D eigenvalue weighted by atomic mass is 10.2. The van der Waals surface area contributed by atoms with Crippen molar-refractivity contribution in [2.75, 3.05) is 30.3 Å². The summed E-state index contributed by atoms with van der Waals surface area (Å²) < 4.78 is 26.4. The van der Waals surface area contributed by atoms with Gasteiger partial charge in [-0.25, -0.2) is 8.42 Å². The van der Waals surface area contributed by atoms with Crippen LogP contribution in [0.15, 0.2) is 24.3 Å². The van der Waals surface area contributed by atoms with Crippen LogP contribution in [0.3, 0.4) is 0 Å². The van der Waals surface area contributed by atoms with E-state index in [0.29, 0.717) is 5.69 Å². The summed E-state index contributed by atoms with van der Waals surface area (Å²) in [7, 11) is 0.300. The Bertz CT molecular complexity index is 471. The molecule has 96 valence electrons. The topological polar surface area (TPSA) is 75.4 Å². The zero-order valence-corrected chi connectivity index (χ0v) is 11.2. The summed E-state index contributed by atoms with van der Waals surface area (Å²) in [5.74, 6) is 0. The van der Waals surface area contributed by atoms with E-state index in [2.05, 4.69) is 4.72 Å². The van der Waals surface area contributed by atoms with Crippen LogP contribution in [-0.4, -0.2) is 34.3 Å². The molecule has 0 heterocycles. The molecule has 0 saturated carbocycles. The molecule has 1 aromatic carbocycles. The smallest absolute Gasteiger partial charge is 0.236 e. The minimum Gasteiger partial charge on any atom is -0.376 e. The second-order valence-electron chi connectivity index (χ2n) is 4.10. The van der Waals surface area contributed by atoms with Gasteiger partial charge < -0.3 is 10.6 Å². The first kappa shape index (κ1) is 13.8. The van der Waals surface area contributed by atoms with E-state index in [1.54, 1.807) is 19.1 Å². The van der Waals surface area contributed by atoms with E-state index in [9.17, 15) is 8.42 Å². The lowest BCUT2D eigenvalue weighted by Gasteiger charge is -2.19. The fourth-order valence-electron chi connectivity index (χ4n) is 1.33. The van der Waals surface area contributed by atoms with Gasteiger partial charge in [-0.2, -0.15) is 0 Å². The molecule has 1 unspecified atom stereocenters. The third kappa shape index (κ3) is 3.34. The predicted molar refractivity (Wildman–Crippen MR) is 71.8 cm³/mol. The fraction of sp³-hybridized carbons (Fsp3) is 0.455. The second-order valence-corrected chi connectivity index (χ2v) is 6.20. The van der Waals surface area contributed by atoms with Gasteiger partial charge in [-0.1, -0.05) is 12.1 Å². The van der Waals surface area contributed by atoms with Crippen molar-refractivity contribution in [3.63, 3.8) is 0 Å². The molecule has 0 aliphatic heterocycles. The van der Waals surface area contributed by atoms with Gasteiger partial charge in [0, 0.05) is 20.6 Å². The van der Waals surface area contributed by atoms with Gasteiger partial charge in [0.05, 0.1) is 16.6 Å². The summed E-state index contributed by atoms with van der Waals surface area (Å²) in [6, 6.07) is 7.23. The van der Waals surface area contributed by atoms with Crippen LogP contribution in [0, 0.1) is 0 Å². The molecule has 1 rings (SSSR count). The minimum atomic E-state index is -3.42. The van der Waals surface area contributed by atoms with Gasteiger partial charge in [-0.3, -0.25) is 4.72 Å². The lowest BCUT2D eigenvalue weighted by Crippen LogP contribution is -2.32. The molecule has 5 nitrogen and oxygen atoms in total. The van der Waals surface area contributed by atoms with Gasteiger partial charge in [0.15, 0.2) is 0 Å². The van der Waals surface area contributed by atoms with Gasteiger partial charge in [0.25, 0.3) is 0 Å². The van der Waals surface area contributed by atoms with E-state index in [1.165, 1.54) is 0 Å². The highest BCUT2D eigenvalue weighted by atomic mass is 32.2. The molecule has 0 bridgehead atoms. The molecule has 1 aromatic rings. The zero-order valence-electron chi connectivity index (χ0n) is 10.3. The Kier molecular flexibility index (Phi) is 4.36. The summed E-state index contributed by atoms with van der Waals surface area (Å²) in [5.41, 5.74) is 6.77. The molecule has 0 saturated heterocycles. The van der Waals surface area contributed by atoms with Gasteiger partial charge >= 0.3 is 0 Å². The Hall–Kier alpha value is -1.27. The Morgan fingerprint density at radius 3 is 2.47 bits per heavy atom. The van der Waals surface area contributed by atoms with Crippen LogP contribution in [0.4, 0.5) is 11.4 Å². The largest absolute Gasteiger partial charge is 0.376 e. The molecule has 0 spiro atoms. The summed E-state index contributed by atoms with van der Waals surface area (Å²) in [6.07, 6.45) is 0. The average Bonchev–Trinajstić information content (AvgIpc) is 2.27. The normalized spacial score (nSPS) is 13.2. The predicted octanol–water partition coefficient (Wildman–Crippen LogP) is 0.841. The highest BCUT2D eigenvalue weighted by Gasteiger charge is 2.20. The minimum absolute atomic E-state index is 0.0967. The fourth-order valence-corrected chi connectivity index (χ4v) is 2.26. The van der Waals surface area contributed by atoms with Crippen molar-refractivity contribution in [3.05, 3.63) is 24.3 Å². The second kappa shape index (κ2) is 5.37. The van der Waals surface area contributed by atoms with Gasteiger partial charge in [-0.15, -0.1) is 0 Å². The van der Waals surface area contributed by atoms with E-state index in [4.69, 9.17) is 5.73 Å². The van der Waals surface area contributed by atoms with Crippen molar-refractivity contribution in [1.82, 2.24) is 0 Å². The summed E-state index contributed by atoms with van der Waals surface area (Å²) in [5, 5.41) is -0.613. The molecule has 0 fully saturated rings. The third-order valence-electron chi connectivity index (χ3n) is 2.50. The molecular weight excluding hydrogens is 238 g/mol. The van der Waals surface area contributed by atoms with Crippen LogP contribution in [0.5, 0.6) is 0 Å². The van der Waals surface area contributed by atoms with Gasteiger partial charge in [0.2, 0.25) is 10.0 Å². The van der Waals surface area contributed by atoms with E-state index in [0.717, 1.165) is 5.69 Å². The molecule has 6 heteroatoms. The molecule has 17 heavy (non-hydrogen) atoms. The zero-order chi connectivity index (χ0) is 13.1. The van der Waals surface area contributed by atoms with Crippen LogP contribution in [-0.2, 0) is 10.0 Å². The maximum atomic E-state index is 11.9.